The molecule has 1 aromatic heterocycles. The van der Waals surface area contributed by atoms with Crippen LogP contribution in [0.1, 0.15) is 54.6 Å². The third-order valence-corrected chi connectivity index (χ3v) is 9.14. The second-order valence-electron chi connectivity index (χ2n) is 14.3. The van der Waals surface area contributed by atoms with E-state index >= 15 is 0 Å². The van der Waals surface area contributed by atoms with Crippen LogP contribution in [-0.2, 0) is 32.0 Å². The fourth-order valence-corrected chi connectivity index (χ4v) is 6.24. The van der Waals surface area contributed by atoms with Gasteiger partial charge in [0.1, 0.15) is 23.9 Å². The number of guanidine groups is 1. The molecule has 4 rings (SSSR count). The molecular formula is C42H52FN9O6. The van der Waals surface area contributed by atoms with Crippen molar-refractivity contribution in [2.75, 3.05) is 13.1 Å². The number of aromatic nitrogens is 1. The number of nitrogens with one attached hydrogen (secondary N) is 5. The third-order valence-electron chi connectivity index (χ3n) is 9.14. The number of H-pyrrole nitrogens is 1. The molecule has 4 aromatic rings. The second kappa shape index (κ2) is 21.7. The van der Waals surface area contributed by atoms with Gasteiger partial charge in [0, 0.05) is 54.2 Å². The van der Waals surface area contributed by atoms with Gasteiger partial charge in [-0.3, -0.25) is 29.0 Å². The first-order valence-corrected chi connectivity index (χ1v) is 19.0. The number of amides is 5. The molecule has 1 heterocycles. The van der Waals surface area contributed by atoms with Gasteiger partial charge in [0.05, 0.1) is 6.10 Å². The molecule has 0 bridgehead atoms. The van der Waals surface area contributed by atoms with Crippen molar-refractivity contribution in [3.05, 3.63) is 119 Å². The Hall–Kier alpha value is -6.55. The molecule has 0 saturated heterocycles. The van der Waals surface area contributed by atoms with Crippen molar-refractivity contribution < 1.29 is 33.5 Å². The minimum atomic E-state index is -1.35. The molecule has 3 aromatic carbocycles. The number of nitrogens with zero attached hydrogens (tertiary/aromatic N) is 1. The lowest BCUT2D eigenvalue weighted by atomic mass is 9.99. The molecule has 4 atom stereocenters. The van der Waals surface area contributed by atoms with Crippen LogP contribution in [0.15, 0.2) is 102 Å². The highest BCUT2D eigenvalue weighted by molar-refractivity contribution is 5.99. The van der Waals surface area contributed by atoms with Crippen molar-refractivity contribution in [1.29, 1.82) is 0 Å². The maximum atomic E-state index is 13.8. The van der Waals surface area contributed by atoms with E-state index in [1.54, 1.807) is 30.5 Å². The number of aliphatic imine (C=N–C) groups is 1. The SMILES string of the molecule is CC(C)CC(=C[C@@H](O)CNC(=O)[C@H](Cc1ccccc1)NC(=O)c1ccc(F)cc1)C(=O)N[C@@H](CCCN=C(N)N)C(=O)N[C@@H](Cc1c[nH]c2ccccc12)C(N)=O. The first kappa shape index (κ1) is 44.2. The summed E-state index contributed by atoms with van der Waals surface area (Å²) in [5, 5.41) is 22.7. The number of fused-ring (bicyclic) bond motifs is 1. The molecule has 0 fully saturated rings. The van der Waals surface area contributed by atoms with Crippen molar-refractivity contribution in [3.63, 3.8) is 0 Å². The minimum absolute atomic E-state index is 0.0553. The molecule has 0 radical (unpaired) electrons. The quantitative estimate of drug-likeness (QED) is 0.0260. The van der Waals surface area contributed by atoms with Crippen LogP contribution in [-0.4, -0.2) is 82.9 Å². The van der Waals surface area contributed by atoms with Gasteiger partial charge in [0.25, 0.3) is 5.91 Å². The third kappa shape index (κ3) is 13.9. The zero-order chi connectivity index (χ0) is 42.2. The summed E-state index contributed by atoms with van der Waals surface area (Å²) in [4.78, 5) is 73.7. The van der Waals surface area contributed by atoms with Crippen molar-refractivity contribution in [1.82, 2.24) is 26.3 Å². The number of aromatic amines is 1. The maximum Gasteiger partial charge on any atom is 0.251 e. The Kier molecular flexibility index (Phi) is 16.5. The second-order valence-corrected chi connectivity index (χ2v) is 14.3. The molecule has 5 amide bonds. The summed E-state index contributed by atoms with van der Waals surface area (Å²) in [6.07, 6.45) is 2.50. The zero-order valence-electron chi connectivity index (χ0n) is 32.5. The van der Waals surface area contributed by atoms with E-state index in [2.05, 4.69) is 31.2 Å². The highest BCUT2D eigenvalue weighted by Gasteiger charge is 2.28. The maximum absolute atomic E-state index is 13.8. The lowest BCUT2D eigenvalue weighted by Crippen LogP contribution is -2.54. The number of para-hydroxylation sites is 1. The fraction of sp³-hybridized carbons (Fsp3) is 0.333. The molecule has 16 heteroatoms. The lowest BCUT2D eigenvalue weighted by Gasteiger charge is -2.23. The van der Waals surface area contributed by atoms with Gasteiger partial charge in [-0.25, -0.2) is 4.39 Å². The summed E-state index contributed by atoms with van der Waals surface area (Å²) >= 11 is 0. The molecule has 0 aliphatic carbocycles. The van der Waals surface area contributed by atoms with E-state index in [0.29, 0.717) is 6.42 Å². The molecule has 308 valence electrons. The van der Waals surface area contributed by atoms with Gasteiger partial charge in [0.2, 0.25) is 23.6 Å². The average molecular weight is 798 g/mol. The topological polar surface area (TPSA) is 260 Å². The molecule has 0 aliphatic rings. The van der Waals surface area contributed by atoms with Crippen LogP contribution in [0.5, 0.6) is 0 Å². The molecular weight excluding hydrogens is 746 g/mol. The van der Waals surface area contributed by atoms with Gasteiger partial charge >= 0.3 is 0 Å². The van der Waals surface area contributed by atoms with Crippen LogP contribution in [0, 0.1) is 11.7 Å². The summed E-state index contributed by atoms with van der Waals surface area (Å²) in [5.41, 5.74) is 19.3. The van der Waals surface area contributed by atoms with Gasteiger partial charge in [-0.15, -0.1) is 0 Å². The van der Waals surface area contributed by atoms with Gasteiger partial charge < -0.3 is 48.6 Å². The largest absolute Gasteiger partial charge is 0.387 e. The van der Waals surface area contributed by atoms with E-state index in [1.807, 2.05) is 44.2 Å². The van der Waals surface area contributed by atoms with Crippen molar-refractivity contribution >= 4 is 46.4 Å². The number of benzene rings is 3. The zero-order valence-corrected chi connectivity index (χ0v) is 32.5. The summed E-state index contributed by atoms with van der Waals surface area (Å²) in [6, 6.07) is 18.0. The number of rotatable bonds is 21. The summed E-state index contributed by atoms with van der Waals surface area (Å²) in [5.74, 6) is -3.98. The molecule has 15 nitrogen and oxygen atoms in total. The molecule has 58 heavy (non-hydrogen) atoms. The van der Waals surface area contributed by atoms with E-state index in [9.17, 15) is 33.5 Å². The van der Waals surface area contributed by atoms with Gasteiger partial charge in [-0.05, 0) is 72.7 Å². The van der Waals surface area contributed by atoms with Gasteiger partial charge in [-0.2, -0.15) is 0 Å². The van der Waals surface area contributed by atoms with E-state index < -0.39 is 59.6 Å². The number of aliphatic hydroxyl groups is 1. The molecule has 12 N–H and O–H groups in total. The Bertz CT molecular complexity index is 2080. The Morgan fingerprint density at radius 2 is 1.52 bits per heavy atom. The lowest BCUT2D eigenvalue weighted by molar-refractivity contribution is -0.130. The number of hydrogen-bond donors (Lipinski definition) is 9. The Labute approximate surface area is 336 Å². The van der Waals surface area contributed by atoms with Crippen LogP contribution in [0.25, 0.3) is 10.9 Å². The predicted octanol–water partition coefficient (Wildman–Crippen LogP) is 1.85. The van der Waals surface area contributed by atoms with E-state index in [4.69, 9.17) is 17.2 Å². The van der Waals surface area contributed by atoms with Crippen LogP contribution >= 0.6 is 0 Å². The molecule has 0 unspecified atom stereocenters. The first-order valence-electron chi connectivity index (χ1n) is 19.0. The normalized spacial score (nSPS) is 13.5. The van der Waals surface area contributed by atoms with E-state index in [-0.39, 0.29) is 61.8 Å². The number of hydrogen-bond acceptors (Lipinski definition) is 7. The predicted molar refractivity (Wildman–Crippen MR) is 219 cm³/mol. The van der Waals surface area contributed by atoms with Gasteiger partial charge in [-0.1, -0.05) is 62.4 Å². The number of carbonyl (C=O) groups excluding carboxylic acids is 5. The number of halogens is 1. The summed E-state index contributed by atoms with van der Waals surface area (Å²) in [7, 11) is 0. The molecule has 0 saturated carbocycles. The minimum Gasteiger partial charge on any atom is -0.387 e. The Morgan fingerprint density at radius 3 is 2.19 bits per heavy atom. The highest BCUT2D eigenvalue weighted by Crippen LogP contribution is 2.20. The Balaban J connectivity index is 1.48. The van der Waals surface area contributed by atoms with Crippen LogP contribution < -0.4 is 38.5 Å². The number of primary amides is 1. The van der Waals surface area contributed by atoms with E-state index in [1.165, 1.54) is 18.2 Å². The molecule has 0 aliphatic heterocycles. The van der Waals surface area contributed by atoms with Crippen molar-refractivity contribution in [2.24, 2.45) is 28.1 Å². The van der Waals surface area contributed by atoms with Crippen LogP contribution in [0.2, 0.25) is 0 Å². The van der Waals surface area contributed by atoms with Crippen molar-refractivity contribution in [3.8, 4) is 0 Å². The Morgan fingerprint density at radius 1 is 0.828 bits per heavy atom. The number of nitrogens with two attached hydrogens (primary N) is 3. The smallest absolute Gasteiger partial charge is 0.251 e. The van der Waals surface area contributed by atoms with Crippen LogP contribution in [0.3, 0.4) is 0 Å². The average Bonchev–Trinajstić information content (AvgIpc) is 3.60. The standard InChI is InChI=1S/C42H52FN9O6/c1-25(2)19-28(21-31(53)24-49-40(57)36(20-26-9-4-3-5-10-26)52-38(55)27-14-16-30(43)17-15-27)39(56)50-34(13-8-18-47-42(45)46)41(58)51-35(37(44)54)22-29-23-48-33-12-7-6-11-32(29)33/h3-7,9-12,14-17,21,23,25,31,34-36,48,53H,8,13,18-20,22,24H2,1-2H3,(H2,44,54)(H,49,57)(H,50,56)(H,51,58)(H,52,55)(H4,45,46,47)/t31-,34+,35+,36+/m1/s1. The van der Waals surface area contributed by atoms with E-state index in [0.717, 1.165) is 34.2 Å². The summed E-state index contributed by atoms with van der Waals surface area (Å²) in [6.45, 7) is 3.59. The monoisotopic (exact) mass is 797 g/mol. The fourth-order valence-electron chi connectivity index (χ4n) is 6.24. The van der Waals surface area contributed by atoms with Crippen LogP contribution in [0.4, 0.5) is 4.39 Å². The number of aliphatic hydroxyl groups excluding tert-OH is 1. The summed E-state index contributed by atoms with van der Waals surface area (Å²) < 4.78 is 13.5. The highest BCUT2D eigenvalue weighted by atomic mass is 19.1. The van der Waals surface area contributed by atoms with Crippen molar-refractivity contribution in [2.45, 2.75) is 70.2 Å². The first-order chi connectivity index (χ1) is 27.7. The number of carbonyl (C=O) groups is 5. The molecule has 0 spiro atoms. The van der Waals surface area contributed by atoms with Gasteiger partial charge in [0.15, 0.2) is 5.96 Å².